The molecule has 0 radical (unpaired) electrons. The summed E-state index contributed by atoms with van der Waals surface area (Å²) in [5, 5.41) is 11.2. The number of anilines is 11. The van der Waals surface area contributed by atoms with Crippen LogP contribution in [0, 0.1) is 0 Å². The van der Waals surface area contributed by atoms with Crippen LogP contribution in [0.4, 0.5) is 62.6 Å². The van der Waals surface area contributed by atoms with Crippen molar-refractivity contribution in [2.45, 2.75) is 0 Å². The number of aromatic nitrogens is 3. The molecule has 15 rings (SSSR count). The van der Waals surface area contributed by atoms with Crippen LogP contribution >= 0.6 is 0 Å². The van der Waals surface area contributed by atoms with Crippen molar-refractivity contribution in [1.29, 1.82) is 0 Å². The first-order chi connectivity index (χ1) is 35.6. The van der Waals surface area contributed by atoms with Gasteiger partial charge in [0.05, 0.1) is 79.1 Å². The normalized spacial score (nSPS) is 13.6. The number of nitrogens with one attached hydrogen (secondary N) is 1. The van der Waals surface area contributed by atoms with Crippen LogP contribution in [0.3, 0.4) is 0 Å². The second kappa shape index (κ2) is 15.5. The van der Waals surface area contributed by atoms with Gasteiger partial charge in [-0.2, -0.15) is 0 Å². The molecule has 6 heterocycles. The first kappa shape index (κ1) is 40.4. The Morgan fingerprint density at radius 2 is 0.847 bits per heavy atom. The van der Waals surface area contributed by atoms with Crippen LogP contribution < -0.4 is 24.9 Å². The van der Waals surface area contributed by atoms with Crippen LogP contribution in [0.2, 0.25) is 0 Å². The van der Waals surface area contributed by atoms with Crippen LogP contribution in [-0.4, -0.2) is 35.6 Å². The predicted octanol–water partition coefficient (Wildman–Crippen LogP) is 16.5. The maximum absolute atomic E-state index is 5.68. The Morgan fingerprint density at radius 1 is 0.403 bits per heavy atom. The van der Waals surface area contributed by atoms with Crippen molar-refractivity contribution in [3.05, 3.63) is 212 Å². The molecule has 0 fully saturated rings. The van der Waals surface area contributed by atoms with Gasteiger partial charge in [-0.3, -0.25) is 4.98 Å². The zero-order valence-corrected chi connectivity index (χ0v) is 39.5. The fourth-order valence-corrected chi connectivity index (χ4v) is 11.7. The molecule has 0 saturated carbocycles. The first-order valence-corrected chi connectivity index (χ1v) is 24.5. The third-order valence-corrected chi connectivity index (χ3v) is 15.1. The van der Waals surface area contributed by atoms with E-state index < -0.39 is 0 Å². The molecule has 0 atom stereocenters. The Morgan fingerprint density at radius 3 is 1.38 bits per heavy atom. The SMILES string of the molecule is CN1c2ccccc2N(c2ccc3c(-c4ccc5ccc6cccnc6c5n4)c4cc(N5c6ccccc6N(C)c6ccccc65)ccc4c(-c4ccc5ccc6c(c5n4)NCC=C6)c3c2)c2ccccc21. The van der Waals surface area contributed by atoms with Crippen molar-refractivity contribution in [2.75, 3.05) is 45.6 Å². The Balaban J connectivity index is 1.08. The molecule has 340 valence electrons. The van der Waals surface area contributed by atoms with E-state index in [1.54, 1.807) is 0 Å². The maximum Gasteiger partial charge on any atom is 0.0972 e. The lowest BCUT2D eigenvalue weighted by Crippen LogP contribution is -2.24. The van der Waals surface area contributed by atoms with Crippen LogP contribution in [0.5, 0.6) is 0 Å². The van der Waals surface area contributed by atoms with Crippen LogP contribution in [0.25, 0.3) is 82.8 Å². The average Bonchev–Trinajstić information content (AvgIpc) is 3.44. The van der Waals surface area contributed by atoms with Gasteiger partial charge in [-0.1, -0.05) is 115 Å². The summed E-state index contributed by atoms with van der Waals surface area (Å²) in [4.78, 5) is 25.6. The van der Waals surface area contributed by atoms with Crippen molar-refractivity contribution in [1.82, 2.24) is 15.0 Å². The van der Waals surface area contributed by atoms with E-state index in [-0.39, 0.29) is 0 Å². The Bertz CT molecular complexity index is 4220. The zero-order valence-electron chi connectivity index (χ0n) is 39.5. The maximum atomic E-state index is 5.68. The summed E-state index contributed by atoms with van der Waals surface area (Å²) in [7, 11) is 4.31. The van der Waals surface area contributed by atoms with E-state index in [1.807, 2.05) is 12.3 Å². The molecule has 1 N–H and O–H groups in total. The van der Waals surface area contributed by atoms with Gasteiger partial charge in [0.25, 0.3) is 0 Å². The number of rotatable bonds is 4. The lowest BCUT2D eigenvalue weighted by atomic mass is 9.87. The molecule has 3 aliphatic rings. The van der Waals surface area contributed by atoms with Gasteiger partial charge in [-0.25, -0.2) is 9.97 Å². The highest BCUT2D eigenvalue weighted by Gasteiger charge is 2.31. The minimum atomic E-state index is 0.751. The van der Waals surface area contributed by atoms with E-state index in [9.17, 15) is 0 Å². The largest absolute Gasteiger partial charge is 0.379 e. The van der Waals surface area contributed by atoms with E-state index in [1.165, 1.54) is 0 Å². The summed E-state index contributed by atoms with van der Waals surface area (Å²) in [5.41, 5.74) is 19.9. The molecular weight excluding hydrogens is 881 g/mol. The zero-order chi connectivity index (χ0) is 47.6. The number of hydrogen-bond acceptors (Lipinski definition) is 8. The van der Waals surface area contributed by atoms with Gasteiger partial charge in [0, 0.05) is 65.5 Å². The number of para-hydroxylation sites is 8. The van der Waals surface area contributed by atoms with Crippen molar-refractivity contribution in [3.63, 3.8) is 0 Å². The van der Waals surface area contributed by atoms with Crippen molar-refractivity contribution in [3.8, 4) is 22.5 Å². The monoisotopic (exact) mass is 924 g/mol. The molecule has 12 aromatic rings. The minimum absolute atomic E-state index is 0.751. The van der Waals surface area contributed by atoms with Gasteiger partial charge >= 0.3 is 0 Å². The molecule has 0 amide bonds. The molecule has 3 aliphatic heterocycles. The molecule has 0 unspecified atom stereocenters. The van der Waals surface area contributed by atoms with Gasteiger partial charge in [0.1, 0.15) is 0 Å². The Hall–Kier alpha value is -9.53. The molecule has 72 heavy (non-hydrogen) atoms. The number of pyridine rings is 3. The smallest absolute Gasteiger partial charge is 0.0972 e. The Kier molecular flexibility index (Phi) is 8.68. The van der Waals surface area contributed by atoms with Gasteiger partial charge in [-0.05, 0) is 118 Å². The van der Waals surface area contributed by atoms with E-state index in [0.717, 1.165) is 151 Å². The molecule has 0 aliphatic carbocycles. The lowest BCUT2D eigenvalue weighted by molar-refractivity contribution is 1.13. The molecule has 0 saturated heterocycles. The van der Waals surface area contributed by atoms with Crippen molar-refractivity contribution >= 4 is 123 Å². The second-order valence-corrected chi connectivity index (χ2v) is 18.9. The van der Waals surface area contributed by atoms with E-state index in [0.29, 0.717) is 0 Å². The average molecular weight is 925 g/mol. The fraction of sp³-hybridized carbons (Fsp3) is 0.0469. The van der Waals surface area contributed by atoms with Gasteiger partial charge in [0.15, 0.2) is 0 Å². The van der Waals surface area contributed by atoms with Crippen LogP contribution in [0.15, 0.2) is 206 Å². The first-order valence-electron chi connectivity index (χ1n) is 24.5. The summed E-state index contributed by atoms with van der Waals surface area (Å²) < 4.78 is 0. The molecule has 0 bridgehead atoms. The minimum Gasteiger partial charge on any atom is -0.379 e. The number of fused-ring (bicyclic) bond motifs is 12. The highest BCUT2D eigenvalue weighted by Crippen LogP contribution is 2.55. The summed E-state index contributed by atoms with van der Waals surface area (Å²) >= 11 is 0. The third-order valence-electron chi connectivity index (χ3n) is 15.1. The molecule has 9 aromatic carbocycles. The molecular formula is C64H44N8. The highest BCUT2D eigenvalue weighted by atomic mass is 15.3. The summed E-state index contributed by atoms with van der Waals surface area (Å²) in [5.74, 6) is 0. The number of benzene rings is 9. The van der Waals surface area contributed by atoms with Crippen LogP contribution in [-0.2, 0) is 0 Å². The summed E-state index contributed by atoms with van der Waals surface area (Å²) in [6.07, 6.45) is 6.23. The van der Waals surface area contributed by atoms with Crippen molar-refractivity contribution < 1.29 is 0 Å². The molecule has 8 nitrogen and oxygen atoms in total. The van der Waals surface area contributed by atoms with Crippen LogP contribution in [0.1, 0.15) is 5.56 Å². The van der Waals surface area contributed by atoms with E-state index in [2.05, 4.69) is 239 Å². The Labute approximate surface area is 416 Å². The fourth-order valence-electron chi connectivity index (χ4n) is 11.7. The lowest BCUT2D eigenvalue weighted by Gasteiger charge is -2.39. The molecule has 8 heteroatoms. The predicted molar refractivity (Wildman–Crippen MR) is 301 cm³/mol. The van der Waals surface area contributed by atoms with Gasteiger partial charge < -0.3 is 24.9 Å². The summed E-state index contributed by atoms with van der Waals surface area (Å²) in [6.45, 7) is 0.751. The highest BCUT2D eigenvalue weighted by molar-refractivity contribution is 6.23. The molecule has 3 aromatic heterocycles. The molecule has 0 spiro atoms. The topological polar surface area (TPSA) is 63.7 Å². The quantitative estimate of drug-likeness (QED) is 0.138. The van der Waals surface area contributed by atoms with Gasteiger partial charge in [0.2, 0.25) is 0 Å². The number of hydrogen-bond donors (Lipinski definition) is 1. The number of nitrogens with zero attached hydrogens (tertiary/aromatic N) is 7. The van der Waals surface area contributed by atoms with Gasteiger partial charge in [-0.15, -0.1) is 0 Å². The third kappa shape index (κ3) is 5.89. The van der Waals surface area contributed by atoms with Crippen molar-refractivity contribution in [2.24, 2.45) is 0 Å². The van der Waals surface area contributed by atoms with E-state index in [4.69, 9.17) is 15.0 Å². The second-order valence-electron chi connectivity index (χ2n) is 18.9. The standard InChI is InChI=1S/C64H44N8/c1-69-51-15-3-7-19-55(51)71(56-20-8-4-16-52(56)69)43-29-31-45-47(37-43)59(49-33-27-41-25-23-39-13-11-35-65-61(39)63(41)67-49)46-32-30-44(72-57-21-9-5-17-53(57)70(2)54-18-6-10-22-58(54)72)38-48(46)60(45)50-34-28-42-26-24-40-14-12-36-66-62(40)64(42)68-50/h3-35,37-38,66H,36H2,1-2H3. The summed E-state index contributed by atoms with van der Waals surface area (Å²) in [6, 6.07) is 70.3. The van der Waals surface area contributed by atoms with E-state index >= 15 is 0 Å².